The van der Waals surface area contributed by atoms with Crippen molar-refractivity contribution < 1.29 is 13.9 Å². The predicted molar refractivity (Wildman–Crippen MR) is 125 cm³/mol. The highest BCUT2D eigenvalue weighted by atomic mass is 32.1. The van der Waals surface area contributed by atoms with Crippen molar-refractivity contribution in [2.45, 2.75) is 43.8 Å². The van der Waals surface area contributed by atoms with Gasteiger partial charge in [0.05, 0.1) is 24.4 Å². The van der Waals surface area contributed by atoms with Crippen molar-refractivity contribution in [3.8, 4) is 11.3 Å². The molecule has 2 fully saturated rings. The van der Waals surface area contributed by atoms with Crippen LogP contribution >= 0.6 is 12.2 Å². The van der Waals surface area contributed by atoms with Gasteiger partial charge >= 0.3 is 5.97 Å². The van der Waals surface area contributed by atoms with E-state index in [2.05, 4.69) is 15.2 Å². The van der Waals surface area contributed by atoms with Crippen molar-refractivity contribution in [1.82, 2.24) is 15.2 Å². The third kappa shape index (κ3) is 3.77. The van der Waals surface area contributed by atoms with Gasteiger partial charge in [-0.25, -0.2) is 4.79 Å². The zero-order valence-electron chi connectivity index (χ0n) is 17.9. The Morgan fingerprint density at radius 2 is 1.91 bits per heavy atom. The summed E-state index contributed by atoms with van der Waals surface area (Å²) in [5.74, 6) is 1.25. The Labute approximate surface area is 192 Å². The number of nitrogens with one attached hydrogen (secondary N) is 1. The molecule has 3 heterocycles. The second-order valence-corrected chi connectivity index (χ2v) is 8.63. The zero-order chi connectivity index (χ0) is 22.1. The number of benzene rings is 1. The number of carbonyl (C=O) groups is 1. The summed E-state index contributed by atoms with van der Waals surface area (Å²) in [6.45, 7) is 0. The van der Waals surface area contributed by atoms with Gasteiger partial charge in [0.15, 0.2) is 5.11 Å². The van der Waals surface area contributed by atoms with E-state index in [1.54, 1.807) is 12.1 Å². The maximum atomic E-state index is 11.7. The fraction of sp³-hybridized carbons (Fsp3) is 0.320. The number of aromatic nitrogens is 1. The Morgan fingerprint density at radius 1 is 1.12 bits per heavy atom. The van der Waals surface area contributed by atoms with Crippen LogP contribution in [0.5, 0.6) is 0 Å². The molecule has 0 radical (unpaired) electrons. The van der Waals surface area contributed by atoms with Crippen molar-refractivity contribution in [2.24, 2.45) is 0 Å². The molecule has 0 amide bonds. The van der Waals surface area contributed by atoms with Crippen LogP contribution in [0, 0.1) is 0 Å². The van der Waals surface area contributed by atoms with Crippen molar-refractivity contribution in [1.29, 1.82) is 0 Å². The van der Waals surface area contributed by atoms with Crippen molar-refractivity contribution >= 4 is 23.3 Å². The summed E-state index contributed by atoms with van der Waals surface area (Å²) in [6.07, 6.45) is 6.53. The number of thiocarbonyl (C=S) groups is 1. The normalized spacial score (nSPS) is 21.0. The van der Waals surface area contributed by atoms with E-state index in [-0.39, 0.29) is 18.1 Å². The molecule has 5 rings (SSSR count). The van der Waals surface area contributed by atoms with Crippen molar-refractivity contribution in [2.75, 3.05) is 7.11 Å². The summed E-state index contributed by atoms with van der Waals surface area (Å²) >= 11 is 5.78. The number of esters is 1. The number of rotatable bonds is 5. The van der Waals surface area contributed by atoms with Crippen LogP contribution in [0.3, 0.4) is 0 Å². The van der Waals surface area contributed by atoms with Gasteiger partial charge < -0.3 is 19.4 Å². The van der Waals surface area contributed by atoms with E-state index < -0.39 is 0 Å². The molecule has 0 bridgehead atoms. The highest BCUT2D eigenvalue weighted by Crippen LogP contribution is 2.44. The number of methoxy groups -OCH3 is 1. The number of ether oxygens (including phenoxy) is 1. The molecule has 1 aliphatic heterocycles. The van der Waals surface area contributed by atoms with E-state index in [1.807, 2.05) is 48.7 Å². The average molecular weight is 448 g/mol. The van der Waals surface area contributed by atoms with Gasteiger partial charge in [-0.2, -0.15) is 0 Å². The molecular weight excluding hydrogens is 422 g/mol. The van der Waals surface area contributed by atoms with E-state index in [0.29, 0.717) is 11.6 Å². The standard InChI is InChI=1S/C25H25N3O3S/c1-30-24(29)17-11-9-16(10-12-17)20-13-14-21(31-20)23-22(19-8-4-5-15-26-19)27-25(32)28(23)18-6-2-3-7-18/h4-5,8-15,18,22-23H,2-3,6-7H2,1H3,(H,27,32)/t22-,23+/m0/s1. The topological polar surface area (TPSA) is 67.6 Å². The SMILES string of the molecule is COC(=O)c1ccc(-c2ccc([C@@H]3[C@H](c4ccccn4)NC(=S)N3C3CCCC3)o2)cc1. The zero-order valence-corrected chi connectivity index (χ0v) is 18.7. The molecule has 1 N–H and O–H groups in total. The first-order valence-corrected chi connectivity index (χ1v) is 11.3. The van der Waals surface area contributed by atoms with E-state index in [9.17, 15) is 4.79 Å². The fourth-order valence-electron chi connectivity index (χ4n) is 4.80. The lowest BCUT2D eigenvalue weighted by Crippen LogP contribution is -2.37. The molecule has 32 heavy (non-hydrogen) atoms. The van der Waals surface area contributed by atoms with Gasteiger partial charge in [0.1, 0.15) is 17.6 Å². The number of nitrogens with zero attached hydrogens (tertiary/aromatic N) is 2. The highest BCUT2D eigenvalue weighted by Gasteiger charge is 2.45. The van der Waals surface area contributed by atoms with Gasteiger partial charge in [0, 0.05) is 17.8 Å². The summed E-state index contributed by atoms with van der Waals surface area (Å²) in [5, 5.41) is 4.27. The Balaban J connectivity index is 1.49. The Bertz CT molecular complexity index is 1110. The lowest BCUT2D eigenvalue weighted by Gasteiger charge is -2.31. The van der Waals surface area contributed by atoms with Crippen LogP contribution in [-0.4, -0.2) is 34.1 Å². The van der Waals surface area contributed by atoms with Crippen LogP contribution in [0.4, 0.5) is 0 Å². The molecule has 3 aromatic rings. The molecule has 0 spiro atoms. The van der Waals surface area contributed by atoms with E-state index in [1.165, 1.54) is 20.0 Å². The smallest absolute Gasteiger partial charge is 0.337 e. The molecule has 0 unspecified atom stereocenters. The molecule has 1 saturated carbocycles. The van der Waals surface area contributed by atoms with Crippen LogP contribution in [0.1, 0.15) is 59.6 Å². The summed E-state index contributed by atoms with van der Waals surface area (Å²) in [6, 6.07) is 17.5. The Hall–Kier alpha value is -3.19. The lowest BCUT2D eigenvalue weighted by atomic mass is 10.0. The second kappa shape index (κ2) is 8.74. The highest BCUT2D eigenvalue weighted by molar-refractivity contribution is 7.80. The number of pyridine rings is 1. The summed E-state index contributed by atoms with van der Waals surface area (Å²) < 4.78 is 11.2. The number of furan rings is 1. The quantitative estimate of drug-likeness (QED) is 0.434. The van der Waals surface area contributed by atoms with Crippen LogP contribution in [0.15, 0.2) is 65.2 Å². The first-order valence-electron chi connectivity index (χ1n) is 10.9. The predicted octanol–water partition coefficient (Wildman–Crippen LogP) is 5.04. The van der Waals surface area contributed by atoms with Crippen molar-refractivity contribution in [3.63, 3.8) is 0 Å². The van der Waals surface area contributed by atoms with Gasteiger partial charge in [-0.05, 0) is 61.5 Å². The van der Waals surface area contributed by atoms with Crippen LogP contribution < -0.4 is 5.32 Å². The molecular formula is C25H25N3O3S. The lowest BCUT2D eigenvalue weighted by molar-refractivity contribution is 0.0600. The Kier molecular flexibility index (Phi) is 5.66. The molecule has 7 heteroatoms. The molecule has 2 aromatic heterocycles. The molecule has 6 nitrogen and oxygen atoms in total. The summed E-state index contributed by atoms with van der Waals surface area (Å²) in [4.78, 5) is 18.6. The molecule has 164 valence electrons. The number of carbonyl (C=O) groups excluding carboxylic acids is 1. The van der Waals surface area contributed by atoms with Gasteiger partial charge in [-0.1, -0.05) is 31.0 Å². The first kappa shape index (κ1) is 20.7. The van der Waals surface area contributed by atoms with E-state index >= 15 is 0 Å². The fourth-order valence-corrected chi connectivity index (χ4v) is 5.19. The van der Waals surface area contributed by atoms with Gasteiger partial charge in [-0.15, -0.1) is 0 Å². The number of hydrogen-bond acceptors (Lipinski definition) is 5. The molecule has 1 aromatic carbocycles. The third-order valence-corrected chi connectivity index (χ3v) is 6.69. The van der Waals surface area contributed by atoms with Crippen LogP contribution in [0.25, 0.3) is 11.3 Å². The van der Waals surface area contributed by atoms with Gasteiger partial charge in [0.25, 0.3) is 0 Å². The van der Waals surface area contributed by atoms with Gasteiger partial charge in [0.2, 0.25) is 0 Å². The maximum Gasteiger partial charge on any atom is 0.337 e. The van der Waals surface area contributed by atoms with Crippen molar-refractivity contribution in [3.05, 3.63) is 77.8 Å². The second-order valence-electron chi connectivity index (χ2n) is 8.24. The average Bonchev–Trinajstić information content (AvgIpc) is 3.59. The monoisotopic (exact) mass is 447 g/mol. The van der Waals surface area contributed by atoms with Crippen LogP contribution in [-0.2, 0) is 4.74 Å². The van der Waals surface area contributed by atoms with Crippen LogP contribution in [0.2, 0.25) is 0 Å². The Morgan fingerprint density at radius 3 is 2.59 bits per heavy atom. The minimum atomic E-state index is -0.354. The minimum absolute atomic E-state index is 0.0661. The van der Waals surface area contributed by atoms with E-state index in [0.717, 1.165) is 40.7 Å². The molecule has 1 saturated heterocycles. The van der Waals surface area contributed by atoms with E-state index in [4.69, 9.17) is 21.4 Å². The number of hydrogen-bond donors (Lipinski definition) is 1. The first-order chi connectivity index (χ1) is 15.7. The van der Waals surface area contributed by atoms with Gasteiger partial charge in [-0.3, -0.25) is 4.98 Å². The largest absolute Gasteiger partial charge is 0.465 e. The molecule has 2 aliphatic rings. The summed E-state index contributed by atoms with van der Waals surface area (Å²) in [5.41, 5.74) is 2.36. The molecule has 1 aliphatic carbocycles. The maximum absolute atomic E-state index is 11.7. The minimum Gasteiger partial charge on any atom is -0.465 e. The summed E-state index contributed by atoms with van der Waals surface area (Å²) in [7, 11) is 1.38. The third-order valence-electron chi connectivity index (χ3n) is 6.36. The molecule has 2 atom stereocenters.